The zero-order valence-electron chi connectivity index (χ0n) is 10.1. The van der Waals surface area contributed by atoms with Crippen LogP contribution in [0.2, 0.25) is 0 Å². The van der Waals surface area contributed by atoms with Crippen molar-refractivity contribution in [1.29, 1.82) is 0 Å². The molecule has 1 aromatic rings. The Morgan fingerprint density at radius 2 is 2.13 bits per heavy atom. The molecular weight excluding hydrogens is 186 g/mol. The van der Waals surface area contributed by atoms with E-state index in [4.69, 9.17) is 5.73 Å². The Morgan fingerprint density at radius 3 is 2.67 bits per heavy atom. The summed E-state index contributed by atoms with van der Waals surface area (Å²) < 4.78 is 0. The lowest BCUT2D eigenvalue weighted by Gasteiger charge is -2.23. The molecule has 3 heteroatoms. The van der Waals surface area contributed by atoms with Gasteiger partial charge in [-0.15, -0.1) is 0 Å². The third-order valence-electron chi connectivity index (χ3n) is 2.47. The van der Waals surface area contributed by atoms with E-state index < -0.39 is 0 Å². The number of hydrogen-bond donors (Lipinski definition) is 1. The maximum absolute atomic E-state index is 5.75. The van der Waals surface area contributed by atoms with E-state index in [1.165, 1.54) is 5.56 Å². The molecule has 0 aliphatic rings. The van der Waals surface area contributed by atoms with Crippen molar-refractivity contribution in [2.24, 2.45) is 11.7 Å². The van der Waals surface area contributed by atoms with Crippen molar-refractivity contribution in [1.82, 2.24) is 4.98 Å². The van der Waals surface area contributed by atoms with E-state index in [-0.39, 0.29) is 0 Å². The number of aryl methyl sites for hydroxylation is 1. The Morgan fingerprint density at radius 1 is 1.47 bits per heavy atom. The van der Waals surface area contributed by atoms with Crippen molar-refractivity contribution in [2.45, 2.75) is 27.3 Å². The summed E-state index contributed by atoms with van der Waals surface area (Å²) in [6.07, 6.45) is 1.85. The van der Waals surface area contributed by atoms with Crippen LogP contribution in [0.4, 0.5) is 5.82 Å². The highest BCUT2D eigenvalue weighted by molar-refractivity contribution is 5.49. The number of aromatic nitrogens is 1. The van der Waals surface area contributed by atoms with Crippen molar-refractivity contribution in [3.05, 3.63) is 23.4 Å². The van der Waals surface area contributed by atoms with Crippen LogP contribution in [0.15, 0.2) is 12.3 Å². The summed E-state index contributed by atoms with van der Waals surface area (Å²) in [6, 6.07) is 2.01. The predicted octanol–water partition coefficient (Wildman–Crippen LogP) is 1.94. The highest BCUT2D eigenvalue weighted by Crippen LogP contribution is 2.19. The molecule has 1 aromatic heterocycles. The lowest BCUT2D eigenvalue weighted by Crippen LogP contribution is -2.25. The Bertz CT molecular complexity index is 321. The van der Waals surface area contributed by atoms with Gasteiger partial charge < -0.3 is 10.6 Å². The molecule has 1 heterocycles. The van der Waals surface area contributed by atoms with E-state index in [0.29, 0.717) is 12.5 Å². The standard InChI is InChI=1S/C12H21N3/c1-9(2)8-15(4)12-11(7-13)10(3)5-6-14-12/h5-6,9H,7-8,13H2,1-4H3. The highest BCUT2D eigenvalue weighted by atomic mass is 15.2. The van der Waals surface area contributed by atoms with Crippen LogP contribution in [-0.2, 0) is 6.54 Å². The summed E-state index contributed by atoms with van der Waals surface area (Å²) in [5, 5.41) is 0. The van der Waals surface area contributed by atoms with E-state index in [9.17, 15) is 0 Å². The number of hydrogen-bond acceptors (Lipinski definition) is 3. The summed E-state index contributed by atoms with van der Waals surface area (Å²) in [4.78, 5) is 6.59. The molecule has 0 unspecified atom stereocenters. The van der Waals surface area contributed by atoms with Crippen molar-refractivity contribution in [3.8, 4) is 0 Å². The molecule has 0 aromatic carbocycles. The van der Waals surface area contributed by atoms with Gasteiger partial charge in [-0.05, 0) is 24.5 Å². The molecule has 0 amide bonds. The van der Waals surface area contributed by atoms with E-state index >= 15 is 0 Å². The molecule has 1 rings (SSSR count). The normalized spacial score (nSPS) is 10.8. The number of anilines is 1. The van der Waals surface area contributed by atoms with Gasteiger partial charge in [0.25, 0.3) is 0 Å². The van der Waals surface area contributed by atoms with Crippen LogP contribution in [0.25, 0.3) is 0 Å². The molecule has 0 atom stereocenters. The van der Waals surface area contributed by atoms with Gasteiger partial charge in [0.15, 0.2) is 0 Å². The highest BCUT2D eigenvalue weighted by Gasteiger charge is 2.10. The van der Waals surface area contributed by atoms with Crippen LogP contribution in [0.1, 0.15) is 25.0 Å². The first kappa shape index (κ1) is 12.0. The molecular formula is C12H21N3. The third kappa shape index (κ3) is 2.93. The fourth-order valence-electron chi connectivity index (χ4n) is 1.79. The molecule has 0 bridgehead atoms. The first-order valence-corrected chi connectivity index (χ1v) is 5.42. The minimum atomic E-state index is 0.553. The average molecular weight is 207 g/mol. The van der Waals surface area contributed by atoms with Crippen LogP contribution >= 0.6 is 0 Å². The third-order valence-corrected chi connectivity index (χ3v) is 2.47. The van der Waals surface area contributed by atoms with Crippen molar-refractivity contribution in [3.63, 3.8) is 0 Å². The summed E-state index contributed by atoms with van der Waals surface area (Å²) in [5.74, 6) is 1.65. The quantitative estimate of drug-likeness (QED) is 0.820. The Balaban J connectivity index is 2.97. The molecule has 0 spiro atoms. The maximum Gasteiger partial charge on any atom is 0.133 e. The Hall–Kier alpha value is -1.09. The van der Waals surface area contributed by atoms with Crippen LogP contribution < -0.4 is 10.6 Å². The molecule has 0 saturated carbocycles. The van der Waals surface area contributed by atoms with Crippen molar-refractivity contribution in [2.75, 3.05) is 18.5 Å². The molecule has 0 radical (unpaired) electrons. The van der Waals surface area contributed by atoms with Gasteiger partial charge in [-0.2, -0.15) is 0 Å². The molecule has 15 heavy (non-hydrogen) atoms. The molecule has 0 fully saturated rings. The fourth-order valence-corrected chi connectivity index (χ4v) is 1.79. The first-order chi connectivity index (χ1) is 7.06. The molecule has 84 valence electrons. The SMILES string of the molecule is Cc1ccnc(N(C)CC(C)C)c1CN. The summed E-state index contributed by atoms with van der Waals surface area (Å²) >= 11 is 0. The number of nitrogens with zero attached hydrogens (tertiary/aromatic N) is 2. The van der Waals surface area contributed by atoms with E-state index in [0.717, 1.165) is 17.9 Å². The summed E-state index contributed by atoms with van der Waals surface area (Å²) in [5.41, 5.74) is 8.13. The van der Waals surface area contributed by atoms with E-state index in [1.807, 2.05) is 12.3 Å². The van der Waals surface area contributed by atoms with Gasteiger partial charge in [0.1, 0.15) is 5.82 Å². The Kier molecular flexibility index (Phi) is 4.09. The van der Waals surface area contributed by atoms with Gasteiger partial charge in [-0.3, -0.25) is 0 Å². The number of rotatable bonds is 4. The second-order valence-corrected chi connectivity index (χ2v) is 4.41. The number of nitrogens with two attached hydrogens (primary N) is 1. The first-order valence-electron chi connectivity index (χ1n) is 5.42. The molecule has 0 saturated heterocycles. The smallest absolute Gasteiger partial charge is 0.133 e. The van der Waals surface area contributed by atoms with Crippen LogP contribution in [-0.4, -0.2) is 18.6 Å². The maximum atomic E-state index is 5.75. The van der Waals surface area contributed by atoms with Gasteiger partial charge in [0.05, 0.1) is 0 Å². The summed E-state index contributed by atoms with van der Waals surface area (Å²) in [6.45, 7) is 8.04. The van der Waals surface area contributed by atoms with Crippen molar-refractivity contribution >= 4 is 5.82 Å². The molecule has 2 N–H and O–H groups in total. The van der Waals surface area contributed by atoms with Crippen molar-refractivity contribution < 1.29 is 0 Å². The summed E-state index contributed by atoms with van der Waals surface area (Å²) in [7, 11) is 2.07. The minimum absolute atomic E-state index is 0.553. The van der Waals surface area contributed by atoms with Gasteiger partial charge in [-0.25, -0.2) is 4.98 Å². The second-order valence-electron chi connectivity index (χ2n) is 4.41. The molecule has 3 nitrogen and oxygen atoms in total. The monoisotopic (exact) mass is 207 g/mol. The predicted molar refractivity (Wildman–Crippen MR) is 65.0 cm³/mol. The van der Waals surface area contributed by atoms with E-state index in [2.05, 4.69) is 37.7 Å². The zero-order valence-corrected chi connectivity index (χ0v) is 10.1. The largest absolute Gasteiger partial charge is 0.359 e. The lowest BCUT2D eigenvalue weighted by molar-refractivity contribution is 0.632. The van der Waals surface area contributed by atoms with Gasteiger partial charge in [-0.1, -0.05) is 13.8 Å². The van der Waals surface area contributed by atoms with Gasteiger partial charge in [0, 0.05) is 31.9 Å². The van der Waals surface area contributed by atoms with Gasteiger partial charge in [0.2, 0.25) is 0 Å². The fraction of sp³-hybridized carbons (Fsp3) is 0.583. The van der Waals surface area contributed by atoms with Crippen LogP contribution in [0, 0.1) is 12.8 Å². The lowest BCUT2D eigenvalue weighted by atomic mass is 10.1. The van der Waals surface area contributed by atoms with Gasteiger partial charge >= 0.3 is 0 Å². The van der Waals surface area contributed by atoms with Crippen LogP contribution in [0.5, 0.6) is 0 Å². The second kappa shape index (κ2) is 5.12. The Labute approximate surface area is 92.3 Å². The number of pyridine rings is 1. The average Bonchev–Trinajstić information content (AvgIpc) is 2.16. The zero-order chi connectivity index (χ0) is 11.4. The van der Waals surface area contributed by atoms with E-state index in [1.54, 1.807) is 0 Å². The topological polar surface area (TPSA) is 42.2 Å². The van der Waals surface area contributed by atoms with Crippen LogP contribution in [0.3, 0.4) is 0 Å². The molecule has 0 aliphatic heterocycles. The molecule has 0 aliphatic carbocycles. The minimum Gasteiger partial charge on any atom is -0.359 e.